The number of aliphatic hydroxyl groups excluding tert-OH is 1. The summed E-state index contributed by atoms with van der Waals surface area (Å²) >= 11 is 0. The molecule has 1 saturated carbocycles. The average molecular weight is 1410 g/mol. The van der Waals surface area contributed by atoms with Gasteiger partial charge in [0.25, 0.3) is 0 Å². The van der Waals surface area contributed by atoms with Gasteiger partial charge in [0.15, 0.2) is 0 Å². The number of nitrogens with one attached hydrogen (secondary N) is 1. The van der Waals surface area contributed by atoms with E-state index in [-0.39, 0.29) is 34.7 Å². The van der Waals surface area contributed by atoms with E-state index >= 15 is 0 Å². The van der Waals surface area contributed by atoms with E-state index in [9.17, 15) is 9.59 Å². The summed E-state index contributed by atoms with van der Waals surface area (Å²) in [6.45, 7) is 47.1. The Hall–Kier alpha value is -4.80. The highest BCUT2D eigenvalue weighted by atomic mass is 16.3. The molecule has 4 atom stereocenters. The van der Waals surface area contributed by atoms with Crippen molar-refractivity contribution in [2.45, 2.75) is 276 Å². The predicted molar refractivity (Wildman–Crippen MR) is 431 cm³/mol. The SMILES string of the molecule is CC(=O)N(C)CCN1CCC(c2ccccc2[C@H]2CCCN2C(C)(C)C)CC1.CC(C)(C)N1CCCC1c1ccccc1C1=CCN(C2CC2)CC1.CC(C)(C)N1CCC[C@@H]1c1ccccc1C1CCN(CCO)CC1.CNCCC(=O)N1CCC(c2ccccc2[C@H]2CCCN2C(C)(C)C)CC1. The zero-order chi connectivity index (χ0) is 73.6. The van der Waals surface area contributed by atoms with E-state index in [1.807, 2.05) is 19.0 Å². The maximum Gasteiger partial charge on any atom is 0.223 e. The van der Waals surface area contributed by atoms with Crippen LogP contribution in [-0.4, -0.2) is 215 Å². The molecule has 8 fully saturated rings. The highest BCUT2D eigenvalue weighted by molar-refractivity contribution is 5.76. The molecule has 0 aromatic heterocycles. The van der Waals surface area contributed by atoms with Crippen LogP contribution >= 0.6 is 0 Å². The number of amides is 2. The van der Waals surface area contributed by atoms with Crippen LogP contribution in [0.3, 0.4) is 0 Å². The summed E-state index contributed by atoms with van der Waals surface area (Å²) in [4.78, 5) is 46.0. The number of carbonyl (C=O) groups excluding carboxylic acids is 2. The maximum absolute atomic E-state index is 12.3. The van der Waals surface area contributed by atoms with E-state index in [0.29, 0.717) is 54.2 Å². The first-order chi connectivity index (χ1) is 49.2. The van der Waals surface area contributed by atoms with Crippen LogP contribution in [0.1, 0.15) is 292 Å². The molecule has 13 heteroatoms. The van der Waals surface area contributed by atoms with Gasteiger partial charge in [-0.1, -0.05) is 103 Å². The molecule has 570 valence electrons. The molecule has 1 unspecified atom stereocenters. The highest BCUT2D eigenvalue weighted by Crippen LogP contribution is 2.47. The monoisotopic (exact) mass is 1410 g/mol. The summed E-state index contributed by atoms with van der Waals surface area (Å²) in [7, 11) is 3.80. The van der Waals surface area contributed by atoms with Crippen LogP contribution in [-0.2, 0) is 9.59 Å². The number of likely N-dealkylation sites (tertiary alicyclic amines) is 7. The van der Waals surface area contributed by atoms with Crippen LogP contribution in [0.2, 0.25) is 0 Å². The molecule has 1 aliphatic carbocycles. The minimum absolute atomic E-state index is 0.156. The second kappa shape index (κ2) is 36.9. The zero-order valence-corrected chi connectivity index (χ0v) is 67.5. The number of β-amino-alcohol motifs (C(OH)–C–C–N with tert-alkyl or cyclic N) is 1. The predicted octanol–water partition coefficient (Wildman–Crippen LogP) is 16.9. The van der Waals surface area contributed by atoms with Crippen LogP contribution in [0.5, 0.6) is 0 Å². The number of hydrogen-bond donors (Lipinski definition) is 2. The Bertz CT molecular complexity index is 3310. The molecule has 0 radical (unpaired) electrons. The van der Waals surface area contributed by atoms with Crippen molar-refractivity contribution in [3.05, 3.63) is 148 Å². The summed E-state index contributed by atoms with van der Waals surface area (Å²) in [5, 5.41) is 12.2. The Morgan fingerprint density at radius 2 is 0.816 bits per heavy atom. The van der Waals surface area contributed by atoms with Crippen LogP contribution < -0.4 is 5.32 Å². The Labute approximate surface area is 626 Å². The van der Waals surface area contributed by atoms with Gasteiger partial charge >= 0.3 is 0 Å². The standard InChI is InChI=1S/C24H39N3O.C23H37N3O.C22H32N2.C21H34N2O/c1-19(28)25(5)17-18-26-15-12-20(13-16-26)21-9-6-7-10-22(21)23-11-8-14-27(23)24(2,3)4;1-23(2,3)26-15-7-10-21(26)20-9-6-5-8-19(20)18-12-16-25(17-13-18)22(27)11-14-24-4;1-22(2,3)24-14-6-9-21(24)20-8-5-4-7-19(20)17-12-15-23(16-13-17)18-10-11-18;1-21(2,3)23-12-6-9-20(23)19-8-5-4-7-18(19)17-10-13-22(14-11-17)15-16-24/h6-7,9-10,20,23H,8,11-18H2,1-5H3;5-6,8-9,18,21,24H,7,10-17H2,1-4H3;4-5,7-8,12,18,21H,6,9-11,13-16H2,1-3H3;4-5,7-8,17,20,24H,6,9-16H2,1-3H3/t23-;21-;;20-/m11.1/s1. The molecule has 8 aliphatic heterocycles. The molecule has 103 heavy (non-hydrogen) atoms. The van der Waals surface area contributed by atoms with E-state index in [0.717, 1.165) is 90.9 Å². The minimum Gasteiger partial charge on any atom is -0.395 e. The number of likely N-dealkylation sites (N-methyl/N-ethyl adjacent to an activating group) is 1. The fraction of sp³-hybridized carbons (Fsp3) is 0.689. The van der Waals surface area contributed by atoms with Gasteiger partial charge < -0.3 is 30.0 Å². The molecule has 7 saturated heterocycles. The Balaban J connectivity index is 0.000000148. The van der Waals surface area contributed by atoms with Gasteiger partial charge in [-0.05, 0) is 319 Å². The van der Waals surface area contributed by atoms with Crippen molar-refractivity contribution in [2.75, 3.05) is 125 Å². The van der Waals surface area contributed by atoms with Crippen molar-refractivity contribution >= 4 is 17.4 Å². The molecule has 4 aromatic carbocycles. The van der Waals surface area contributed by atoms with E-state index in [1.54, 1.807) is 40.3 Å². The summed E-state index contributed by atoms with van der Waals surface area (Å²) in [6, 6.07) is 39.9. The number of aliphatic hydroxyl groups is 1. The third kappa shape index (κ3) is 21.5. The number of piperidine rings is 3. The lowest BCUT2D eigenvalue weighted by Gasteiger charge is -2.39. The van der Waals surface area contributed by atoms with Crippen LogP contribution in [0, 0.1) is 0 Å². The molecule has 13 rings (SSSR count). The van der Waals surface area contributed by atoms with E-state index in [2.05, 4.69) is 231 Å². The molecule has 2 amide bonds. The van der Waals surface area contributed by atoms with Gasteiger partial charge in [-0.2, -0.15) is 0 Å². The van der Waals surface area contributed by atoms with Crippen LogP contribution in [0.15, 0.2) is 103 Å². The van der Waals surface area contributed by atoms with Gasteiger partial charge in [0.05, 0.1) is 6.61 Å². The number of nitrogens with zero attached hydrogens (tertiary/aromatic N) is 9. The third-order valence-electron chi connectivity index (χ3n) is 25.1. The number of rotatable bonds is 17. The Morgan fingerprint density at radius 3 is 1.17 bits per heavy atom. The fourth-order valence-corrected chi connectivity index (χ4v) is 19.3. The second-order valence-corrected chi connectivity index (χ2v) is 36.2. The largest absolute Gasteiger partial charge is 0.395 e. The van der Waals surface area contributed by atoms with E-state index in [1.165, 1.54) is 146 Å². The van der Waals surface area contributed by atoms with Crippen molar-refractivity contribution in [2.24, 2.45) is 0 Å². The van der Waals surface area contributed by atoms with Gasteiger partial charge in [-0.3, -0.25) is 34.1 Å². The van der Waals surface area contributed by atoms with Gasteiger partial charge in [-0.15, -0.1) is 0 Å². The molecular formula is C90H142N10O3. The normalized spacial score (nSPS) is 23.9. The van der Waals surface area contributed by atoms with Gasteiger partial charge in [-0.25, -0.2) is 0 Å². The maximum atomic E-state index is 12.3. The van der Waals surface area contributed by atoms with Crippen molar-refractivity contribution in [1.29, 1.82) is 0 Å². The smallest absolute Gasteiger partial charge is 0.223 e. The third-order valence-corrected chi connectivity index (χ3v) is 25.1. The lowest BCUT2D eigenvalue weighted by Crippen LogP contribution is -2.41. The molecule has 0 spiro atoms. The summed E-state index contributed by atoms with van der Waals surface area (Å²) in [6.07, 6.45) is 24.6. The van der Waals surface area contributed by atoms with E-state index < -0.39 is 0 Å². The molecule has 4 aromatic rings. The highest BCUT2D eigenvalue weighted by Gasteiger charge is 2.41. The molecule has 9 aliphatic rings. The number of hydrogen-bond acceptors (Lipinski definition) is 11. The number of carbonyl (C=O) groups is 2. The molecule has 8 heterocycles. The van der Waals surface area contributed by atoms with Gasteiger partial charge in [0, 0.05) is 125 Å². The average Bonchev–Trinajstić information content (AvgIpc) is 1.76. The van der Waals surface area contributed by atoms with Crippen molar-refractivity contribution in [3.63, 3.8) is 0 Å². The molecular weight excluding hydrogens is 1270 g/mol. The molecule has 0 bridgehead atoms. The fourth-order valence-electron chi connectivity index (χ4n) is 19.3. The van der Waals surface area contributed by atoms with Crippen molar-refractivity contribution in [1.82, 2.24) is 49.4 Å². The second-order valence-electron chi connectivity index (χ2n) is 36.2. The minimum atomic E-state index is 0.156. The van der Waals surface area contributed by atoms with Gasteiger partial charge in [0.2, 0.25) is 11.8 Å². The Kier molecular flexibility index (Phi) is 28.9. The zero-order valence-electron chi connectivity index (χ0n) is 67.5. The number of benzene rings is 4. The first-order valence-electron chi connectivity index (χ1n) is 41.3. The summed E-state index contributed by atoms with van der Waals surface area (Å²) in [5.41, 5.74) is 15.0. The molecule has 13 nitrogen and oxygen atoms in total. The Morgan fingerprint density at radius 1 is 0.456 bits per heavy atom. The first-order valence-corrected chi connectivity index (χ1v) is 41.3. The molecule has 2 N–H and O–H groups in total. The van der Waals surface area contributed by atoms with Crippen molar-refractivity contribution in [3.8, 4) is 0 Å². The van der Waals surface area contributed by atoms with Crippen LogP contribution in [0.4, 0.5) is 0 Å². The quantitative estimate of drug-likeness (QED) is 0.106. The summed E-state index contributed by atoms with van der Waals surface area (Å²) < 4.78 is 0. The van der Waals surface area contributed by atoms with E-state index in [4.69, 9.17) is 5.11 Å². The van der Waals surface area contributed by atoms with Crippen LogP contribution in [0.25, 0.3) is 5.57 Å². The first kappa shape index (κ1) is 80.7. The topological polar surface area (TPSA) is 95.6 Å². The van der Waals surface area contributed by atoms with Gasteiger partial charge in [0.1, 0.15) is 0 Å². The summed E-state index contributed by atoms with van der Waals surface area (Å²) in [5.74, 6) is 2.38. The lowest BCUT2D eigenvalue weighted by atomic mass is 9.83. The lowest BCUT2D eigenvalue weighted by molar-refractivity contribution is -0.132. The van der Waals surface area contributed by atoms with Crippen molar-refractivity contribution < 1.29 is 14.7 Å².